The molecule has 214 valence electrons. The lowest BCUT2D eigenvalue weighted by Gasteiger charge is -2.17. The van der Waals surface area contributed by atoms with Crippen LogP contribution in [0.5, 0.6) is 0 Å². The van der Waals surface area contributed by atoms with Gasteiger partial charge >= 0.3 is 0 Å². The Morgan fingerprint density at radius 2 is 2.02 bits per heavy atom. The largest absolute Gasteiger partial charge is 0.378 e. The summed E-state index contributed by atoms with van der Waals surface area (Å²) >= 11 is 1.55. The Morgan fingerprint density at radius 1 is 1.25 bits per heavy atom. The number of rotatable bonds is 9. The van der Waals surface area contributed by atoms with Crippen molar-refractivity contribution in [2.45, 2.75) is 46.7 Å². The van der Waals surface area contributed by atoms with Crippen LogP contribution in [0.1, 0.15) is 35.9 Å². The van der Waals surface area contributed by atoms with Crippen molar-refractivity contribution in [3.8, 4) is 17.1 Å². The van der Waals surface area contributed by atoms with Crippen molar-refractivity contribution in [1.82, 2.24) is 28.5 Å². The third kappa shape index (κ3) is 5.60. The maximum Gasteiger partial charge on any atom is 0.232 e. The number of hydrogen-bond donors (Lipinski definition) is 4. The minimum atomic E-state index is -3.23. The third-order valence-electron chi connectivity index (χ3n) is 7.32. The number of hydrogen-bond acceptors (Lipinski definition) is 6. The molecule has 1 aromatic carbocycles. The Balaban J connectivity index is 1.46. The number of H-pyrrole nitrogens is 1. The number of fused-ring (bicyclic) bond motifs is 1. The highest BCUT2D eigenvalue weighted by Gasteiger charge is 2.31. The summed E-state index contributed by atoms with van der Waals surface area (Å²) < 4.78 is 51.7. The first kappa shape index (κ1) is 28.9. The molecule has 1 aliphatic heterocycles. The van der Waals surface area contributed by atoms with E-state index in [1.54, 1.807) is 17.4 Å². The standard InChI is InChI=1S/C26H32BrN7O4S2/c1-5-40(37,38)33-9-8-19(14-33)30-23-21(27)13-28-26-24(23)31-25(32-26)20-11-16(3)34(17(20)4)22-7-6-18(10-15(22)2)12-29-39(35)36/h6-7,10-11,13,19,29H,5,8-9,12,14H2,1-4H3,(H,35,36)(H2,28,30,31,32)/t19-/m0/s1. The van der Waals surface area contributed by atoms with Crippen LogP contribution < -0.4 is 10.0 Å². The fraction of sp³-hybridized carbons (Fsp3) is 0.385. The molecule has 1 unspecified atom stereocenters. The molecular formula is C26H32BrN7O4S2. The third-order valence-corrected chi connectivity index (χ3v) is 10.2. The van der Waals surface area contributed by atoms with E-state index in [1.807, 2.05) is 39.0 Å². The first-order valence-corrected chi connectivity index (χ1v) is 16.4. The molecule has 4 N–H and O–H groups in total. The molecule has 0 spiro atoms. The zero-order valence-corrected chi connectivity index (χ0v) is 25.9. The SMILES string of the molecule is CCS(=O)(=O)N1CC[C@H](Nc2c(Br)cnc3nc(-c4cc(C)n(-c5ccc(CNS(=O)O)cc5C)c4C)[nH]c23)C1. The molecule has 1 saturated heterocycles. The normalized spacial score (nSPS) is 17.1. The second kappa shape index (κ2) is 11.3. The zero-order chi connectivity index (χ0) is 28.8. The molecule has 5 rings (SSSR count). The number of nitrogens with one attached hydrogen (secondary N) is 3. The van der Waals surface area contributed by atoms with E-state index in [9.17, 15) is 12.6 Å². The average molecular weight is 651 g/mol. The molecule has 1 aliphatic rings. The van der Waals surface area contributed by atoms with Crippen LogP contribution in [0.25, 0.3) is 28.2 Å². The van der Waals surface area contributed by atoms with E-state index in [0.717, 1.165) is 49.4 Å². The molecule has 4 heterocycles. The lowest BCUT2D eigenvalue weighted by molar-refractivity contribution is 0.476. The van der Waals surface area contributed by atoms with Crippen molar-refractivity contribution in [3.05, 3.63) is 57.4 Å². The van der Waals surface area contributed by atoms with Crippen molar-refractivity contribution in [3.63, 3.8) is 0 Å². The predicted octanol–water partition coefficient (Wildman–Crippen LogP) is 4.17. The Bertz CT molecular complexity index is 1720. The number of aromatic amines is 1. The maximum atomic E-state index is 12.3. The van der Waals surface area contributed by atoms with Crippen LogP contribution in [0.3, 0.4) is 0 Å². The maximum absolute atomic E-state index is 12.3. The summed E-state index contributed by atoms with van der Waals surface area (Å²) in [5.74, 6) is 0.784. The summed E-state index contributed by atoms with van der Waals surface area (Å²) in [6.07, 6.45) is 2.42. The minimum Gasteiger partial charge on any atom is -0.378 e. The molecule has 1 fully saturated rings. The van der Waals surface area contributed by atoms with Crippen LogP contribution in [-0.4, -0.2) is 65.9 Å². The number of pyridine rings is 1. The lowest BCUT2D eigenvalue weighted by atomic mass is 10.1. The van der Waals surface area contributed by atoms with Gasteiger partial charge in [-0.3, -0.25) is 4.55 Å². The van der Waals surface area contributed by atoms with Gasteiger partial charge in [-0.05, 0) is 73.3 Å². The fourth-order valence-corrected chi connectivity index (χ4v) is 7.15. The van der Waals surface area contributed by atoms with Crippen molar-refractivity contribution in [1.29, 1.82) is 0 Å². The molecular weight excluding hydrogens is 618 g/mol. The van der Waals surface area contributed by atoms with Crippen molar-refractivity contribution >= 4 is 54.1 Å². The first-order valence-electron chi connectivity index (χ1n) is 12.9. The summed E-state index contributed by atoms with van der Waals surface area (Å²) in [5.41, 5.74) is 8.08. The van der Waals surface area contributed by atoms with Crippen LogP contribution in [0, 0.1) is 20.8 Å². The summed E-state index contributed by atoms with van der Waals surface area (Å²) in [7, 11) is -3.23. The Hall–Kier alpha value is -2.62. The molecule has 3 aromatic heterocycles. The van der Waals surface area contributed by atoms with Gasteiger partial charge in [-0.1, -0.05) is 12.1 Å². The number of aryl methyl sites for hydroxylation is 2. The van der Waals surface area contributed by atoms with Crippen LogP contribution in [0.2, 0.25) is 0 Å². The molecule has 0 aliphatic carbocycles. The number of benzene rings is 1. The second-order valence-electron chi connectivity index (χ2n) is 9.96. The highest BCUT2D eigenvalue weighted by molar-refractivity contribution is 9.10. The predicted molar refractivity (Wildman–Crippen MR) is 161 cm³/mol. The monoisotopic (exact) mass is 649 g/mol. The number of imidazole rings is 1. The Kier molecular flexibility index (Phi) is 8.19. The van der Waals surface area contributed by atoms with E-state index in [4.69, 9.17) is 9.54 Å². The highest BCUT2D eigenvalue weighted by atomic mass is 79.9. The number of nitrogens with zero attached hydrogens (tertiary/aromatic N) is 4. The number of sulfonamides is 1. The van der Waals surface area contributed by atoms with Gasteiger partial charge in [-0.25, -0.2) is 27.3 Å². The van der Waals surface area contributed by atoms with Gasteiger partial charge in [0.2, 0.25) is 21.3 Å². The van der Waals surface area contributed by atoms with Crippen LogP contribution in [0.15, 0.2) is 34.9 Å². The summed E-state index contributed by atoms with van der Waals surface area (Å²) in [6, 6.07) is 8.02. The quantitative estimate of drug-likeness (QED) is 0.199. The number of aromatic nitrogens is 4. The van der Waals surface area contributed by atoms with Gasteiger partial charge in [0.25, 0.3) is 0 Å². The molecule has 0 amide bonds. The van der Waals surface area contributed by atoms with E-state index >= 15 is 0 Å². The molecule has 40 heavy (non-hydrogen) atoms. The Labute approximate surface area is 244 Å². The van der Waals surface area contributed by atoms with Gasteiger partial charge in [0.1, 0.15) is 11.3 Å². The number of anilines is 1. The van der Waals surface area contributed by atoms with Crippen molar-refractivity contribution in [2.24, 2.45) is 0 Å². The smallest absolute Gasteiger partial charge is 0.232 e. The van der Waals surface area contributed by atoms with Gasteiger partial charge in [0, 0.05) is 54.5 Å². The van der Waals surface area contributed by atoms with Gasteiger partial charge in [-0.15, -0.1) is 0 Å². The van der Waals surface area contributed by atoms with Gasteiger partial charge in [-0.2, -0.15) is 4.31 Å². The fourth-order valence-electron chi connectivity index (χ4n) is 5.28. The molecule has 0 radical (unpaired) electrons. The van der Waals surface area contributed by atoms with Gasteiger partial charge in [0.15, 0.2) is 5.65 Å². The summed E-state index contributed by atoms with van der Waals surface area (Å²) in [5, 5.41) is 3.52. The van der Waals surface area contributed by atoms with E-state index < -0.39 is 21.3 Å². The van der Waals surface area contributed by atoms with Gasteiger partial charge in [0.05, 0.1) is 15.9 Å². The molecule has 14 heteroatoms. The summed E-state index contributed by atoms with van der Waals surface area (Å²) in [6.45, 7) is 8.98. The molecule has 2 atom stereocenters. The summed E-state index contributed by atoms with van der Waals surface area (Å²) in [4.78, 5) is 12.8. The van der Waals surface area contributed by atoms with E-state index in [0.29, 0.717) is 37.5 Å². The highest BCUT2D eigenvalue weighted by Crippen LogP contribution is 2.35. The van der Waals surface area contributed by atoms with Crippen LogP contribution in [-0.2, 0) is 27.8 Å². The molecule has 4 aromatic rings. The lowest BCUT2D eigenvalue weighted by Crippen LogP contribution is -2.32. The first-order chi connectivity index (χ1) is 19.0. The molecule has 0 bridgehead atoms. The average Bonchev–Trinajstić information content (AvgIpc) is 3.63. The number of halogens is 1. The van der Waals surface area contributed by atoms with E-state index in [-0.39, 0.29) is 11.8 Å². The van der Waals surface area contributed by atoms with Crippen molar-refractivity contribution < 1.29 is 17.2 Å². The molecule has 0 saturated carbocycles. The minimum absolute atomic E-state index is 0.0291. The van der Waals surface area contributed by atoms with E-state index in [2.05, 4.69) is 46.6 Å². The van der Waals surface area contributed by atoms with Crippen LogP contribution in [0.4, 0.5) is 5.69 Å². The molecule has 11 nitrogen and oxygen atoms in total. The second-order valence-corrected chi connectivity index (χ2v) is 13.9. The zero-order valence-electron chi connectivity index (χ0n) is 22.7. The Morgan fingerprint density at radius 3 is 2.73 bits per heavy atom. The van der Waals surface area contributed by atoms with Gasteiger partial charge < -0.3 is 14.9 Å². The topological polar surface area (TPSA) is 145 Å². The van der Waals surface area contributed by atoms with E-state index in [1.165, 1.54) is 0 Å². The van der Waals surface area contributed by atoms with Crippen LogP contribution >= 0.6 is 15.9 Å². The van der Waals surface area contributed by atoms with Crippen molar-refractivity contribution in [2.75, 3.05) is 24.2 Å².